The Morgan fingerprint density at radius 2 is 0.762 bits per heavy atom. The Bertz CT molecular complexity index is 321. The fourth-order valence-electron chi connectivity index (χ4n) is 1.48. The number of nitrogens with zero attached hydrogens (tertiary/aromatic N) is 2. The Morgan fingerprint density at radius 1 is 0.571 bits per heavy atom. The molecule has 21 heavy (non-hydrogen) atoms. The SMILES string of the molecule is O=C(O)CN(CCN(CC(=O)O)CC(=O)O)CC(=O)O.[Cu+2]. The van der Waals surface area contributed by atoms with Crippen LogP contribution < -0.4 is 0 Å². The number of hydrogen-bond acceptors (Lipinski definition) is 6. The molecule has 0 amide bonds. The quantitative estimate of drug-likeness (QED) is 0.303. The minimum atomic E-state index is -1.23. The molecule has 1 radical (unpaired) electrons. The van der Waals surface area contributed by atoms with Gasteiger partial charge < -0.3 is 20.4 Å². The van der Waals surface area contributed by atoms with Crippen molar-refractivity contribution in [3.05, 3.63) is 0 Å². The van der Waals surface area contributed by atoms with Crippen molar-refractivity contribution < 1.29 is 56.7 Å². The molecule has 10 nitrogen and oxygen atoms in total. The summed E-state index contributed by atoms with van der Waals surface area (Å²) in [6, 6.07) is 0. The molecule has 0 atom stereocenters. The van der Waals surface area contributed by atoms with Gasteiger partial charge in [-0.3, -0.25) is 29.0 Å². The monoisotopic (exact) mass is 355 g/mol. The van der Waals surface area contributed by atoms with Gasteiger partial charge in [0.05, 0.1) is 26.2 Å². The molecular weight excluding hydrogens is 340 g/mol. The third kappa shape index (κ3) is 13.1. The molecule has 0 aliphatic rings. The number of carboxylic acids is 4. The minimum Gasteiger partial charge on any atom is -0.480 e. The molecule has 0 bridgehead atoms. The summed E-state index contributed by atoms with van der Waals surface area (Å²) in [6.07, 6.45) is 0. The van der Waals surface area contributed by atoms with E-state index in [1.807, 2.05) is 0 Å². The Morgan fingerprint density at radius 3 is 0.905 bits per heavy atom. The van der Waals surface area contributed by atoms with Crippen LogP contribution in [0.4, 0.5) is 0 Å². The van der Waals surface area contributed by atoms with Gasteiger partial charge in [-0.1, -0.05) is 0 Å². The predicted octanol–water partition coefficient (Wildman–Crippen LogP) is -2.07. The first-order valence-electron chi connectivity index (χ1n) is 5.52. The van der Waals surface area contributed by atoms with Gasteiger partial charge in [0.25, 0.3) is 0 Å². The molecule has 0 aromatic carbocycles. The Labute approximate surface area is 130 Å². The maximum absolute atomic E-state index is 10.6. The van der Waals surface area contributed by atoms with Gasteiger partial charge in [-0.05, 0) is 0 Å². The smallest absolute Gasteiger partial charge is 0.480 e. The number of hydrogen-bond donors (Lipinski definition) is 4. The summed E-state index contributed by atoms with van der Waals surface area (Å²) >= 11 is 0. The third-order valence-electron chi connectivity index (χ3n) is 2.17. The summed E-state index contributed by atoms with van der Waals surface area (Å²) in [5.74, 6) is -4.91. The van der Waals surface area contributed by atoms with Crippen molar-refractivity contribution in [3.8, 4) is 0 Å². The molecule has 123 valence electrons. The molecule has 0 saturated heterocycles. The fourth-order valence-corrected chi connectivity index (χ4v) is 1.48. The molecule has 0 spiro atoms. The van der Waals surface area contributed by atoms with Gasteiger partial charge in [-0.25, -0.2) is 0 Å². The number of rotatable bonds is 11. The van der Waals surface area contributed by atoms with Crippen LogP contribution in [0.25, 0.3) is 0 Å². The molecule has 0 fully saturated rings. The van der Waals surface area contributed by atoms with E-state index in [1.165, 1.54) is 0 Å². The zero-order valence-electron chi connectivity index (χ0n) is 10.9. The van der Waals surface area contributed by atoms with E-state index in [9.17, 15) is 19.2 Å². The van der Waals surface area contributed by atoms with Gasteiger partial charge in [-0.2, -0.15) is 0 Å². The van der Waals surface area contributed by atoms with Crippen molar-refractivity contribution in [3.63, 3.8) is 0 Å². The molecule has 0 unspecified atom stereocenters. The van der Waals surface area contributed by atoms with Crippen LogP contribution in [-0.4, -0.2) is 93.4 Å². The normalized spacial score (nSPS) is 10.2. The van der Waals surface area contributed by atoms with E-state index in [0.29, 0.717) is 0 Å². The van der Waals surface area contributed by atoms with Crippen molar-refractivity contribution in [2.45, 2.75) is 0 Å². The average Bonchev–Trinajstić information content (AvgIpc) is 2.22. The predicted molar refractivity (Wildman–Crippen MR) is 63.4 cm³/mol. The standard InChI is InChI=1S/C10H16N2O8.Cu/c13-7(14)3-11(4-8(15)16)1-2-12(5-9(17)18)6-10(19)20;/h1-6H2,(H,13,14)(H,15,16)(H,17,18)(H,19,20);/q;+2. The first-order chi connectivity index (χ1) is 9.20. The molecule has 0 saturated carbocycles. The Kier molecular flexibility index (Phi) is 11.4. The van der Waals surface area contributed by atoms with Crippen LogP contribution in [0.15, 0.2) is 0 Å². The van der Waals surface area contributed by atoms with E-state index in [0.717, 1.165) is 9.80 Å². The number of carboxylic acid groups (broad SMARTS) is 4. The van der Waals surface area contributed by atoms with Crippen LogP contribution in [0.1, 0.15) is 0 Å². The van der Waals surface area contributed by atoms with Crippen molar-refractivity contribution in [2.24, 2.45) is 0 Å². The molecule has 0 aromatic rings. The summed E-state index contributed by atoms with van der Waals surface area (Å²) in [4.78, 5) is 44.4. The van der Waals surface area contributed by atoms with Crippen molar-refractivity contribution >= 4 is 23.9 Å². The van der Waals surface area contributed by atoms with Gasteiger partial charge in [-0.15, -0.1) is 0 Å². The van der Waals surface area contributed by atoms with Gasteiger partial charge >= 0.3 is 40.9 Å². The summed E-state index contributed by atoms with van der Waals surface area (Å²) in [5.41, 5.74) is 0. The van der Waals surface area contributed by atoms with E-state index in [-0.39, 0.29) is 30.2 Å². The minimum absolute atomic E-state index is 0. The molecule has 0 aromatic heterocycles. The summed E-state index contributed by atoms with van der Waals surface area (Å²) < 4.78 is 0. The number of carbonyl (C=O) groups is 4. The van der Waals surface area contributed by atoms with E-state index >= 15 is 0 Å². The van der Waals surface area contributed by atoms with Crippen LogP contribution >= 0.6 is 0 Å². The van der Waals surface area contributed by atoms with E-state index in [4.69, 9.17) is 20.4 Å². The molecule has 11 heteroatoms. The Balaban J connectivity index is 0. The molecule has 0 aliphatic carbocycles. The van der Waals surface area contributed by atoms with Crippen molar-refractivity contribution in [2.75, 3.05) is 39.3 Å². The van der Waals surface area contributed by atoms with Gasteiger partial charge in [0.1, 0.15) is 0 Å². The van der Waals surface area contributed by atoms with Crippen LogP contribution in [-0.2, 0) is 36.2 Å². The number of aliphatic carboxylic acids is 4. The molecule has 0 aliphatic heterocycles. The van der Waals surface area contributed by atoms with Gasteiger partial charge in [0.15, 0.2) is 0 Å². The van der Waals surface area contributed by atoms with E-state index < -0.39 is 50.1 Å². The topological polar surface area (TPSA) is 156 Å². The second-order valence-corrected chi connectivity index (χ2v) is 4.00. The van der Waals surface area contributed by atoms with E-state index in [1.54, 1.807) is 0 Å². The van der Waals surface area contributed by atoms with Gasteiger partial charge in [0, 0.05) is 13.1 Å². The van der Waals surface area contributed by atoms with Gasteiger partial charge in [0.2, 0.25) is 0 Å². The average molecular weight is 356 g/mol. The van der Waals surface area contributed by atoms with Crippen LogP contribution in [0, 0.1) is 0 Å². The molecule has 0 rings (SSSR count). The fraction of sp³-hybridized carbons (Fsp3) is 0.600. The van der Waals surface area contributed by atoms with E-state index in [2.05, 4.69) is 0 Å². The zero-order chi connectivity index (χ0) is 15.7. The van der Waals surface area contributed by atoms with Crippen LogP contribution in [0.3, 0.4) is 0 Å². The second kappa shape index (κ2) is 11.0. The first-order valence-corrected chi connectivity index (χ1v) is 5.52. The second-order valence-electron chi connectivity index (χ2n) is 4.00. The van der Waals surface area contributed by atoms with Crippen LogP contribution in [0.2, 0.25) is 0 Å². The molecule has 4 N–H and O–H groups in total. The first kappa shape index (κ1) is 21.6. The summed E-state index contributed by atoms with van der Waals surface area (Å²) in [6.45, 7) is -2.25. The Hall–Kier alpha value is -1.68. The maximum atomic E-state index is 10.6. The van der Waals surface area contributed by atoms with Crippen LogP contribution in [0.5, 0.6) is 0 Å². The molecular formula is C10H16CuN2O8+2. The summed E-state index contributed by atoms with van der Waals surface area (Å²) in [7, 11) is 0. The maximum Gasteiger partial charge on any atom is 2.00 e. The summed E-state index contributed by atoms with van der Waals surface area (Å²) in [5, 5.41) is 34.5. The largest absolute Gasteiger partial charge is 2.00 e. The zero-order valence-corrected chi connectivity index (χ0v) is 11.8. The third-order valence-corrected chi connectivity index (χ3v) is 2.17. The molecule has 0 heterocycles. The van der Waals surface area contributed by atoms with Crippen molar-refractivity contribution in [1.29, 1.82) is 0 Å². The van der Waals surface area contributed by atoms with Crippen molar-refractivity contribution in [1.82, 2.24) is 9.80 Å².